The normalized spacial score (nSPS) is 16.4. The second-order valence-electron chi connectivity index (χ2n) is 12.9. The molecule has 2 heterocycles. The van der Waals surface area contributed by atoms with E-state index in [1.165, 1.54) is 27.5 Å². The highest BCUT2D eigenvalue weighted by molar-refractivity contribution is 6.06. The number of ether oxygens (including phenoxy) is 1. The summed E-state index contributed by atoms with van der Waals surface area (Å²) in [6, 6.07) is 56.1. The van der Waals surface area contributed by atoms with Crippen molar-refractivity contribution in [3.8, 4) is 16.9 Å². The minimum atomic E-state index is 0.0613. The van der Waals surface area contributed by atoms with Crippen LogP contribution in [0.15, 0.2) is 180 Å². The first-order valence-electron chi connectivity index (χ1n) is 16.8. The summed E-state index contributed by atoms with van der Waals surface area (Å²) in [4.78, 5) is 2.37. The van der Waals surface area contributed by atoms with Gasteiger partial charge in [-0.05, 0) is 88.3 Å². The average Bonchev–Trinajstić information content (AvgIpc) is 3.73. The SMILES string of the molecule is C1=CC2Oc3ccccc3C2C=C1c1ccc(N(c2ccc(-c3ccc4oc5ccccc5c4c3)cc2)c2cccc3ccccc23)cc1. The van der Waals surface area contributed by atoms with Crippen LogP contribution >= 0.6 is 0 Å². The van der Waals surface area contributed by atoms with Gasteiger partial charge in [0.15, 0.2) is 0 Å². The second-order valence-corrected chi connectivity index (χ2v) is 12.9. The molecule has 1 aliphatic carbocycles. The molecular weight excluding hydrogens is 599 g/mol. The highest BCUT2D eigenvalue weighted by Crippen LogP contribution is 2.44. The number of hydrogen-bond donors (Lipinski definition) is 0. The van der Waals surface area contributed by atoms with Gasteiger partial charge >= 0.3 is 0 Å². The summed E-state index contributed by atoms with van der Waals surface area (Å²) in [5, 5.41) is 4.70. The van der Waals surface area contributed by atoms with Crippen molar-refractivity contribution >= 4 is 55.3 Å². The molecule has 49 heavy (non-hydrogen) atoms. The number of hydrogen-bond acceptors (Lipinski definition) is 3. The van der Waals surface area contributed by atoms with Crippen LogP contribution < -0.4 is 9.64 Å². The van der Waals surface area contributed by atoms with E-state index in [9.17, 15) is 0 Å². The molecule has 0 amide bonds. The Morgan fingerprint density at radius 2 is 1.18 bits per heavy atom. The van der Waals surface area contributed by atoms with E-state index < -0.39 is 0 Å². The van der Waals surface area contributed by atoms with Crippen molar-refractivity contribution in [3.05, 3.63) is 187 Å². The molecule has 0 saturated carbocycles. The van der Waals surface area contributed by atoms with E-state index in [2.05, 4.69) is 163 Å². The maximum Gasteiger partial charge on any atom is 0.135 e. The Morgan fingerprint density at radius 3 is 2.04 bits per heavy atom. The first-order valence-corrected chi connectivity index (χ1v) is 16.8. The molecule has 2 aliphatic rings. The van der Waals surface area contributed by atoms with Crippen LogP contribution in [0.25, 0.3) is 49.4 Å². The predicted molar refractivity (Wildman–Crippen MR) is 202 cm³/mol. The molecule has 0 saturated heterocycles. The minimum absolute atomic E-state index is 0.0613. The quantitative estimate of drug-likeness (QED) is 0.189. The maximum absolute atomic E-state index is 6.21. The van der Waals surface area contributed by atoms with Crippen molar-refractivity contribution in [1.82, 2.24) is 0 Å². The molecule has 7 aromatic carbocycles. The Labute approximate surface area is 284 Å². The molecule has 0 bridgehead atoms. The van der Waals surface area contributed by atoms with Gasteiger partial charge in [-0.15, -0.1) is 0 Å². The Morgan fingerprint density at radius 1 is 0.510 bits per heavy atom. The van der Waals surface area contributed by atoms with Crippen molar-refractivity contribution in [1.29, 1.82) is 0 Å². The van der Waals surface area contributed by atoms with Gasteiger partial charge in [0.2, 0.25) is 0 Å². The van der Waals surface area contributed by atoms with Crippen LogP contribution in [0.5, 0.6) is 5.75 Å². The van der Waals surface area contributed by atoms with Crippen LogP contribution in [0, 0.1) is 0 Å². The third-order valence-electron chi connectivity index (χ3n) is 10.0. The van der Waals surface area contributed by atoms with Gasteiger partial charge in [-0.3, -0.25) is 0 Å². The smallest absolute Gasteiger partial charge is 0.135 e. The zero-order chi connectivity index (χ0) is 32.3. The van der Waals surface area contributed by atoms with Gasteiger partial charge in [-0.2, -0.15) is 0 Å². The molecule has 0 N–H and O–H groups in total. The second kappa shape index (κ2) is 11.1. The van der Waals surface area contributed by atoms with Crippen molar-refractivity contribution in [2.24, 2.45) is 0 Å². The molecule has 0 fully saturated rings. The van der Waals surface area contributed by atoms with Gasteiger partial charge in [0.1, 0.15) is 23.0 Å². The average molecular weight is 630 g/mol. The predicted octanol–water partition coefficient (Wildman–Crippen LogP) is 12.4. The maximum atomic E-state index is 6.21. The molecule has 3 nitrogen and oxygen atoms in total. The topological polar surface area (TPSA) is 25.6 Å². The van der Waals surface area contributed by atoms with Gasteiger partial charge in [0.25, 0.3) is 0 Å². The van der Waals surface area contributed by atoms with E-state index in [1.54, 1.807) is 0 Å². The van der Waals surface area contributed by atoms with Crippen LogP contribution in [-0.2, 0) is 0 Å². The molecular formula is C46H31NO2. The van der Waals surface area contributed by atoms with Gasteiger partial charge in [0, 0.05) is 39.0 Å². The number of furan rings is 1. The fraction of sp³-hybridized carbons (Fsp3) is 0.0435. The number of allylic oxidation sites excluding steroid dienone is 2. The Hall–Kier alpha value is -6.32. The standard InChI is InChI=1S/C46H31NO2/c1-2-10-37-32(8-1)9-7-13-42(37)47(35-22-16-30(17-23-35)33-20-26-45-40(28-33)38-11-3-5-14-43(38)48-45)36-24-18-31(19-25-36)34-21-27-46-41(29-34)39-12-4-6-15-44(39)49-46/h1-29,40,45H. The Kier molecular flexibility index (Phi) is 6.31. The van der Waals surface area contributed by atoms with E-state index in [0.29, 0.717) is 0 Å². The largest absolute Gasteiger partial charge is 0.485 e. The number of para-hydroxylation sites is 2. The number of benzene rings is 7. The van der Waals surface area contributed by atoms with Gasteiger partial charge < -0.3 is 14.1 Å². The first-order chi connectivity index (χ1) is 24.3. The van der Waals surface area contributed by atoms with Crippen LogP contribution in [0.3, 0.4) is 0 Å². The molecule has 2 unspecified atom stereocenters. The molecule has 1 aliphatic heterocycles. The molecule has 2 atom stereocenters. The van der Waals surface area contributed by atoms with Crippen LogP contribution in [0.2, 0.25) is 0 Å². The number of fused-ring (bicyclic) bond motifs is 7. The fourth-order valence-corrected chi connectivity index (χ4v) is 7.59. The molecule has 1 aromatic heterocycles. The lowest BCUT2D eigenvalue weighted by Gasteiger charge is -2.27. The molecule has 0 spiro atoms. The minimum Gasteiger partial charge on any atom is -0.485 e. The van der Waals surface area contributed by atoms with Crippen LogP contribution in [0.1, 0.15) is 17.0 Å². The van der Waals surface area contributed by atoms with E-state index >= 15 is 0 Å². The molecule has 10 rings (SSSR count). The van der Waals surface area contributed by atoms with Gasteiger partial charge in [0.05, 0.1) is 5.69 Å². The first kappa shape index (κ1) is 27.8. The summed E-state index contributed by atoms with van der Waals surface area (Å²) in [6.45, 7) is 0. The summed E-state index contributed by atoms with van der Waals surface area (Å²) in [5.41, 5.74) is 11.2. The zero-order valence-electron chi connectivity index (χ0n) is 26.7. The van der Waals surface area contributed by atoms with Crippen molar-refractivity contribution < 1.29 is 9.15 Å². The van der Waals surface area contributed by atoms with Crippen molar-refractivity contribution in [2.45, 2.75) is 12.0 Å². The lowest BCUT2D eigenvalue weighted by molar-refractivity contribution is 0.269. The van der Waals surface area contributed by atoms with E-state index in [4.69, 9.17) is 9.15 Å². The highest BCUT2D eigenvalue weighted by atomic mass is 16.5. The Balaban J connectivity index is 1.03. The fourth-order valence-electron chi connectivity index (χ4n) is 7.59. The molecule has 8 aromatic rings. The molecule has 232 valence electrons. The lowest BCUT2D eigenvalue weighted by Crippen LogP contribution is -2.17. The third-order valence-corrected chi connectivity index (χ3v) is 10.0. The summed E-state index contributed by atoms with van der Waals surface area (Å²) in [5.74, 6) is 1.22. The molecule has 3 heteroatoms. The monoisotopic (exact) mass is 629 g/mol. The van der Waals surface area contributed by atoms with E-state index in [1.807, 2.05) is 18.2 Å². The summed E-state index contributed by atoms with van der Waals surface area (Å²) in [7, 11) is 0. The Bertz CT molecular complexity index is 2590. The number of anilines is 3. The van der Waals surface area contributed by atoms with Crippen molar-refractivity contribution in [3.63, 3.8) is 0 Å². The summed E-state index contributed by atoms with van der Waals surface area (Å²) >= 11 is 0. The zero-order valence-corrected chi connectivity index (χ0v) is 26.7. The van der Waals surface area contributed by atoms with Crippen molar-refractivity contribution in [2.75, 3.05) is 4.90 Å². The van der Waals surface area contributed by atoms with E-state index in [0.717, 1.165) is 55.9 Å². The third kappa shape index (κ3) is 4.66. The summed E-state index contributed by atoms with van der Waals surface area (Å²) in [6.07, 6.45) is 6.82. The van der Waals surface area contributed by atoms with E-state index in [-0.39, 0.29) is 12.0 Å². The highest BCUT2D eigenvalue weighted by Gasteiger charge is 2.33. The van der Waals surface area contributed by atoms with Gasteiger partial charge in [-0.25, -0.2) is 0 Å². The summed E-state index contributed by atoms with van der Waals surface area (Å²) < 4.78 is 12.3. The number of rotatable bonds is 5. The number of nitrogens with zero attached hydrogens (tertiary/aromatic N) is 1. The van der Waals surface area contributed by atoms with Gasteiger partial charge in [-0.1, -0.05) is 115 Å². The molecule has 0 radical (unpaired) electrons. The lowest BCUT2D eigenvalue weighted by atomic mass is 9.87. The van der Waals surface area contributed by atoms with Crippen LogP contribution in [-0.4, -0.2) is 6.10 Å². The van der Waals surface area contributed by atoms with Crippen LogP contribution in [0.4, 0.5) is 17.1 Å².